The summed E-state index contributed by atoms with van der Waals surface area (Å²) in [5.41, 5.74) is 0.0735. The van der Waals surface area contributed by atoms with Gasteiger partial charge in [-0.3, -0.25) is 4.90 Å². The molecule has 1 nitrogen and oxygen atoms in total. The summed E-state index contributed by atoms with van der Waals surface area (Å²) in [6.07, 6.45) is 4.21. The average Bonchev–Trinajstić information content (AvgIpc) is 2.42. The third-order valence-electron chi connectivity index (χ3n) is 3.34. The highest BCUT2D eigenvalue weighted by atomic mass is 19.1. The molecule has 2 heteroatoms. The minimum atomic E-state index is 0.0726. The zero-order valence-corrected chi connectivity index (χ0v) is 7.81. The molecule has 0 aromatic rings. The molecule has 12 heavy (non-hydrogen) atoms. The lowest BCUT2D eigenvalue weighted by Gasteiger charge is -2.34. The number of nitrogens with zero attached hydrogens (tertiary/aromatic N) is 1. The van der Waals surface area contributed by atoms with E-state index in [1.807, 2.05) is 6.08 Å². The molecule has 0 aromatic carbocycles. The van der Waals surface area contributed by atoms with Crippen LogP contribution in [0.5, 0.6) is 0 Å². The molecule has 0 spiro atoms. The molecule has 0 aliphatic carbocycles. The first-order valence-corrected chi connectivity index (χ1v) is 4.77. The Morgan fingerprint density at radius 2 is 2.33 bits per heavy atom. The van der Waals surface area contributed by atoms with E-state index in [4.69, 9.17) is 0 Å². The maximum atomic E-state index is 13.1. The highest BCUT2D eigenvalue weighted by Crippen LogP contribution is 2.42. The third-order valence-corrected chi connectivity index (χ3v) is 3.34. The quantitative estimate of drug-likeness (QED) is 0.582. The standard InChI is InChI=1S/C10H16FN/c1-8(2)10-4-3-5-12(10)7-9(11)6-10/h6,8H,3-5,7H2,1-2H3. The topological polar surface area (TPSA) is 3.24 Å². The van der Waals surface area contributed by atoms with Crippen LogP contribution in [0.1, 0.15) is 26.7 Å². The predicted molar refractivity (Wildman–Crippen MR) is 47.6 cm³/mol. The van der Waals surface area contributed by atoms with Gasteiger partial charge in [-0.25, -0.2) is 4.39 Å². The second kappa shape index (κ2) is 2.56. The molecule has 0 amide bonds. The van der Waals surface area contributed by atoms with Crippen LogP contribution in [0.15, 0.2) is 11.9 Å². The molecule has 68 valence electrons. The normalized spacial score (nSPS) is 35.8. The monoisotopic (exact) mass is 169 g/mol. The summed E-state index contributed by atoms with van der Waals surface area (Å²) in [5, 5.41) is 0. The summed E-state index contributed by atoms with van der Waals surface area (Å²) in [6, 6.07) is 0. The first-order chi connectivity index (χ1) is 5.65. The van der Waals surface area contributed by atoms with Crippen molar-refractivity contribution in [2.75, 3.05) is 13.1 Å². The fraction of sp³-hybridized carbons (Fsp3) is 0.800. The molecule has 0 bridgehead atoms. The van der Waals surface area contributed by atoms with Gasteiger partial charge in [0.25, 0.3) is 0 Å². The maximum absolute atomic E-state index is 13.1. The molecule has 0 saturated carbocycles. The summed E-state index contributed by atoms with van der Waals surface area (Å²) >= 11 is 0. The van der Waals surface area contributed by atoms with Crippen molar-refractivity contribution in [3.8, 4) is 0 Å². The number of hydrogen-bond acceptors (Lipinski definition) is 1. The Morgan fingerprint density at radius 3 is 2.92 bits per heavy atom. The SMILES string of the molecule is CC(C)C12C=C(F)CN1CCC2. The lowest BCUT2D eigenvalue weighted by Crippen LogP contribution is -2.42. The molecule has 0 N–H and O–H groups in total. The van der Waals surface area contributed by atoms with Crippen molar-refractivity contribution < 1.29 is 4.39 Å². The van der Waals surface area contributed by atoms with Gasteiger partial charge in [0.2, 0.25) is 0 Å². The first-order valence-electron chi connectivity index (χ1n) is 4.77. The first kappa shape index (κ1) is 8.24. The molecule has 1 unspecified atom stereocenters. The van der Waals surface area contributed by atoms with Crippen molar-refractivity contribution >= 4 is 0 Å². The van der Waals surface area contributed by atoms with E-state index in [1.54, 1.807) is 0 Å². The predicted octanol–water partition coefficient (Wildman–Crippen LogP) is 2.34. The molecule has 0 radical (unpaired) electrons. The van der Waals surface area contributed by atoms with Crippen LogP contribution in [0.25, 0.3) is 0 Å². The van der Waals surface area contributed by atoms with Crippen molar-refractivity contribution in [1.82, 2.24) is 4.90 Å². The molecular formula is C10H16FN. The highest BCUT2D eigenvalue weighted by molar-refractivity contribution is 5.22. The van der Waals surface area contributed by atoms with Crippen LogP contribution in [-0.4, -0.2) is 23.5 Å². The Labute approximate surface area is 73.2 Å². The summed E-state index contributed by atoms with van der Waals surface area (Å²) < 4.78 is 13.1. The van der Waals surface area contributed by atoms with Crippen LogP contribution in [0.3, 0.4) is 0 Å². The molecule has 1 fully saturated rings. The van der Waals surface area contributed by atoms with Crippen LogP contribution in [0.2, 0.25) is 0 Å². The number of rotatable bonds is 1. The van der Waals surface area contributed by atoms with Crippen molar-refractivity contribution in [3.63, 3.8) is 0 Å². The van der Waals surface area contributed by atoms with E-state index in [0.29, 0.717) is 12.5 Å². The van der Waals surface area contributed by atoms with Gasteiger partial charge >= 0.3 is 0 Å². The van der Waals surface area contributed by atoms with Crippen LogP contribution >= 0.6 is 0 Å². The highest BCUT2D eigenvalue weighted by Gasteiger charge is 2.45. The van der Waals surface area contributed by atoms with Crippen molar-refractivity contribution in [2.24, 2.45) is 5.92 Å². The van der Waals surface area contributed by atoms with E-state index in [-0.39, 0.29) is 11.4 Å². The summed E-state index contributed by atoms with van der Waals surface area (Å²) in [7, 11) is 0. The van der Waals surface area contributed by atoms with Gasteiger partial charge in [-0.05, 0) is 31.4 Å². The Kier molecular flexibility index (Phi) is 1.76. The van der Waals surface area contributed by atoms with E-state index in [9.17, 15) is 4.39 Å². The van der Waals surface area contributed by atoms with E-state index in [2.05, 4.69) is 18.7 Å². The zero-order chi connectivity index (χ0) is 8.77. The molecule has 1 atom stereocenters. The average molecular weight is 169 g/mol. The van der Waals surface area contributed by atoms with Crippen LogP contribution in [0, 0.1) is 5.92 Å². The third kappa shape index (κ3) is 0.939. The maximum Gasteiger partial charge on any atom is 0.112 e. The van der Waals surface area contributed by atoms with Crippen molar-refractivity contribution in [3.05, 3.63) is 11.9 Å². The van der Waals surface area contributed by atoms with Gasteiger partial charge < -0.3 is 0 Å². The summed E-state index contributed by atoms with van der Waals surface area (Å²) in [4.78, 5) is 2.28. The van der Waals surface area contributed by atoms with Gasteiger partial charge in [-0.15, -0.1) is 0 Å². The van der Waals surface area contributed by atoms with Gasteiger partial charge in [0.15, 0.2) is 0 Å². The van der Waals surface area contributed by atoms with Crippen LogP contribution in [-0.2, 0) is 0 Å². The minimum Gasteiger partial charge on any atom is -0.287 e. The van der Waals surface area contributed by atoms with E-state index in [1.165, 1.54) is 6.42 Å². The van der Waals surface area contributed by atoms with Crippen LogP contribution < -0.4 is 0 Å². The van der Waals surface area contributed by atoms with Crippen LogP contribution in [0.4, 0.5) is 4.39 Å². The molecule has 2 aliphatic heterocycles. The molecule has 2 rings (SSSR count). The fourth-order valence-corrected chi connectivity index (χ4v) is 2.63. The van der Waals surface area contributed by atoms with E-state index in [0.717, 1.165) is 13.0 Å². The van der Waals surface area contributed by atoms with Gasteiger partial charge in [0.05, 0.1) is 6.54 Å². The van der Waals surface area contributed by atoms with Gasteiger partial charge in [-0.2, -0.15) is 0 Å². The Bertz CT molecular complexity index is 222. The second-order valence-electron chi connectivity index (χ2n) is 4.26. The Balaban J connectivity index is 2.30. The molecule has 2 aliphatic rings. The van der Waals surface area contributed by atoms with Crippen molar-refractivity contribution in [1.29, 1.82) is 0 Å². The van der Waals surface area contributed by atoms with Gasteiger partial charge in [0.1, 0.15) is 5.83 Å². The largest absolute Gasteiger partial charge is 0.287 e. The van der Waals surface area contributed by atoms with Gasteiger partial charge in [0, 0.05) is 5.54 Å². The molecule has 0 aromatic heterocycles. The number of halogens is 1. The van der Waals surface area contributed by atoms with E-state index >= 15 is 0 Å². The Hall–Kier alpha value is -0.370. The molecule has 1 saturated heterocycles. The fourth-order valence-electron chi connectivity index (χ4n) is 2.63. The minimum absolute atomic E-state index is 0.0726. The second-order valence-corrected chi connectivity index (χ2v) is 4.26. The number of fused-ring (bicyclic) bond motifs is 1. The Morgan fingerprint density at radius 1 is 1.58 bits per heavy atom. The molecule has 2 heterocycles. The van der Waals surface area contributed by atoms with Gasteiger partial charge in [-0.1, -0.05) is 13.8 Å². The lowest BCUT2D eigenvalue weighted by atomic mass is 9.85. The van der Waals surface area contributed by atoms with E-state index < -0.39 is 0 Å². The smallest absolute Gasteiger partial charge is 0.112 e. The molecular weight excluding hydrogens is 153 g/mol. The summed E-state index contributed by atoms with van der Waals surface area (Å²) in [6.45, 7) is 6.00. The zero-order valence-electron chi connectivity index (χ0n) is 7.81. The summed E-state index contributed by atoms with van der Waals surface area (Å²) in [5.74, 6) is 0.608. The lowest BCUT2D eigenvalue weighted by molar-refractivity contribution is 0.164. The van der Waals surface area contributed by atoms with Crippen molar-refractivity contribution in [2.45, 2.75) is 32.2 Å². The number of hydrogen-bond donors (Lipinski definition) is 0.